The fraction of sp³-hybridized carbons (Fsp3) is 0.500. The van der Waals surface area contributed by atoms with Gasteiger partial charge in [0.1, 0.15) is 12.4 Å². The van der Waals surface area contributed by atoms with Gasteiger partial charge in [0.05, 0.1) is 38.2 Å². The number of hydrogen-bond acceptors (Lipinski definition) is 5. The molecular weight excluding hydrogens is 316 g/mol. The number of aliphatic hydroxyl groups is 1. The largest absolute Gasteiger partial charge is 0.391 e. The first-order valence-electron chi connectivity index (χ1n) is 8.90. The predicted octanol–water partition coefficient (Wildman–Crippen LogP) is -0.100. The highest BCUT2D eigenvalue weighted by molar-refractivity contribution is 5.93. The Balaban J connectivity index is 1.81. The van der Waals surface area contributed by atoms with E-state index >= 15 is 0 Å². The second-order valence-electron chi connectivity index (χ2n) is 6.98. The van der Waals surface area contributed by atoms with Gasteiger partial charge in [-0.15, -0.1) is 5.10 Å². The van der Waals surface area contributed by atoms with Crippen LogP contribution >= 0.6 is 0 Å². The van der Waals surface area contributed by atoms with Crippen molar-refractivity contribution in [3.05, 3.63) is 29.1 Å². The van der Waals surface area contributed by atoms with Gasteiger partial charge in [-0.05, 0) is 32.4 Å². The number of anilines is 1. The first kappa shape index (κ1) is 16.2. The second kappa shape index (κ2) is 6.24. The molecule has 1 aliphatic heterocycles. The Kier molecular flexibility index (Phi) is 4.05. The maximum absolute atomic E-state index is 9.14. The topological polar surface area (TPSA) is 71.0 Å². The summed E-state index contributed by atoms with van der Waals surface area (Å²) in [6.07, 6.45) is 0. The molecular formula is C18H25N6O+. The highest BCUT2D eigenvalue weighted by Gasteiger charge is 2.23. The van der Waals surface area contributed by atoms with Crippen LogP contribution in [0.4, 0.5) is 5.82 Å². The minimum absolute atomic E-state index is 0.253. The van der Waals surface area contributed by atoms with E-state index in [0.717, 1.165) is 66.6 Å². The molecule has 4 heterocycles. The average molecular weight is 341 g/mol. The maximum atomic E-state index is 9.14. The summed E-state index contributed by atoms with van der Waals surface area (Å²) in [5, 5.41) is 14.9. The molecule has 0 aliphatic carbocycles. The molecule has 0 amide bonds. The number of aromatic nitrogens is 4. The summed E-state index contributed by atoms with van der Waals surface area (Å²) in [5.74, 6) is 1.08. The fourth-order valence-electron chi connectivity index (χ4n) is 3.81. The summed E-state index contributed by atoms with van der Waals surface area (Å²) in [6, 6.07) is 4.20. The monoisotopic (exact) mass is 341 g/mol. The number of aliphatic hydroxyl groups excluding tert-OH is 1. The third-order valence-electron chi connectivity index (χ3n) is 5.04. The molecule has 0 aromatic carbocycles. The third-order valence-corrected chi connectivity index (χ3v) is 5.04. The van der Waals surface area contributed by atoms with Crippen molar-refractivity contribution in [1.29, 1.82) is 0 Å². The van der Waals surface area contributed by atoms with Crippen LogP contribution in [0.25, 0.3) is 16.7 Å². The number of rotatable bonds is 3. The molecule has 7 nitrogen and oxygen atoms in total. The highest BCUT2D eigenvalue weighted by atomic mass is 16.3. The molecule has 4 rings (SSSR count). The zero-order chi connectivity index (χ0) is 17.6. The summed E-state index contributed by atoms with van der Waals surface area (Å²) in [7, 11) is 0. The summed E-state index contributed by atoms with van der Waals surface area (Å²) in [6.45, 7) is 11.2. The Labute approximate surface area is 146 Å². The van der Waals surface area contributed by atoms with Gasteiger partial charge in [0.25, 0.3) is 0 Å². The summed E-state index contributed by atoms with van der Waals surface area (Å²) in [4.78, 5) is 13.2. The van der Waals surface area contributed by atoms with E-state index in [1.165, 1.54) is 10.5 Å². The molecule has 0 unspecified atom stereocenters. The summed E-state index contributed by atoms with van der Waals surface area (Å²) >= 11 is 0. The minimum Gasteiger partial charge on any atom is -0.391 e. The van der Waals surface area contributed by atoms with Crippen LogP contribution in [0.3, 0.4) is 0 Å². The number of quaternary nitrogens is 1. The molecule has 3 aromatic heterocycles. The van der Waals surface area contributed by atoms with E-state index in [1.807, 2.05) is 18.4 Å². The molecule has 3 aromatic rings. The van der Waals surface area contributed by atoms with Crippen molar-refractivity contribution >= 4 is 22.5 Å². The molecule has 0 spiro atoms. The van der Waals surface area contributed by atoms with Crippen LogP contribution in [-0.4, -0.2) is 64.0 Å². The van der Waals surface area contributed by atoms with E-state index < -0.39 is 0 Å². The zero-order valence-corrected chi connectivity index (χ0v) is 15.1. The van der Waals surface area contributed by atoms with Gasteiger partial charge < -0.3 is 14.9 Å². The summed E-state index contributed by atoms with van der Waals surface area (Å²) in [5.41, 5.74) is 4.79. The van der Waals surface area contributed by atoms with E-state index in [1.54, 1.807) is 0 Å². The Morgan fingerprint density at radius 3 is 2.52 bits per heavy atom. The average Bonchev–Trinajstić information content (AvgIpc) is 2.93. The number of aryl methyl sites for hydroxylation is 3. The maximum Gasteiger partial charge on any atom is 0.184 e. The van der Waals surface area contributed by atoms with Crippen LogP contribution in [0.1, 0.15) is 17.0 Å². The summed E-state index contributed by atoms with van der Waals surface area (Å²) < 4.78 is 1.95. The molecule has 132 valence electrons. The van der Waals surface area contributed by atoms with Crippen LogP contribution in [-0.2, 0) is 0 Å². The van der Waals surface area contributed by atoms with Gasteiger partial charge in [0, 0.05) is 17.5 Å². The first-order valence-corrected chi connectivity index (χ1v) is 8.90. The number of nitrogens with zero attached hydrogens (tertiary/aromatic N) is 5. The number of hydrogen-bond donors (Lipinski definition) is 2. The van der Waals surface area contributed by atoms with E-state index in [-0.39, 0.29) is 6.61 Å². The standard InChI is InChI=1S/C18H24N6O/c1-12-10-13(2)19-17-16(12)18-20-14(3)11-15(24(18)21-17)23-6-4-22(5-7-23)8-9-25/h10-11,25H,4-9H2,1-3H3/p+1. The molecule has 1 aliphatic rings. The highest BCUT2D eigenvalue weighted by Crippen LogP contribution is 2.26. The smallest absolute Gasteiger partial charge is 0.184 e. The lowest BCUT2D eigenvalue weighted by Crippen LogP contribution is -3.15. The SMILES string of the molecule is Cc1cc(C)c2c(n1)nn1c(N3CC[NH+](CCO)CC3)cc(C)nc21. The Hall–Kier alpha value is -2.25. The number of fused-ring (bicyclic) bond motifs is 3. The van der Waals surface area contributed by atoms with Gasteiger partial charge in [-0.2, -0.15) is 4.52 Å². The fourth-order valence-corrected chi connectivity index (χ4v) is 3.81. The van der Waals surface area contributed by atoms with Crippen LogP contribution in [0, 0.1) is 20.8 Å². The van der Waals surface area contributed by atoms with Crippen molar-refractivity contribution in [3.8, 4) is 0 Å². The molecule has 2 N–H and O–H groups in total. The number of piperazine rings is 1. The van der Waals surface area contributed by atoms with E-state index in [0.29, 0.717) is 0 Å². The molecule has 0 saturated carbocycles. The number of nitrogens with one attached hydrogen (secondary N) is 1. The van der Waals surface area contributed by atoms with Gasteiger partial charge in [0.15, 0.2) is 11.3 Å². The van der Waals surface area contributed by atoms with Gasteiger partial charge in [0.2, 0.25) is 0 Å². The van der Waals surface area contributed by atoms with Crippen LogP contribution in [0.15, 0.2) is 12.1 Å². The van der Waals surface area contributed by atoms with Crippen LogP contribution in [0.5, 0.6) is 0 Å². The quantitative estimate of drug-likeness (QED) is 0.696. The number of pyridine rings is 1. The van der Waals surface area contributed by atoms with E-state index in [4.69, 9.17) is 15.2 Å². The van der Waals surface area contributed by atoms with Gasteiger partial charge in [-0.25, -0.2) is 9.97 Å². The molecule has 0 bridgehead atoms. The van der Waals surface area contributed by atoms with Crippen LogP contribution < -0.4 is 9.80 Å². The van der Waals surface area contributed by atoms with Crippen molar-refractivity contribution in [2.24, 2.45) is 0 Å². The Morgan fingerprint density at radius 1 is 1.08 bits per heavy atom. The second-order valence-corrected chi connectivity index (χ2v) is 6.98. The molecule has 7 heteroatoms. The molecule has 1 saturated heterocycles. The third kappa shape index (κ3) is 2.83. The van der Waals surface area contributed by atoms with Crippen molar-refractivity contribution in [3.63, 3.8) is 0 Å². The molecule has 0 atom stereocenters. The van der Waals surface area contributed by atoms with Crippen molar-refractivity contribution in [2.45, 2.75) is 20.8 Å². The molecule has 1 fully saturated rings. The Morgan fingerprint density at radius 2 is 1.80 bits per heavy atom. The van der Waals surface area contributed by atoms with Crippen molar-refractivity contribution in [2.75, 3.05) is 44.2 Å². The van der Waals surface area contributed by atoms with E-state index in [9.17, 15) is 0 Å². The van der Waals surface area contributed by atoms with Gasteiger partial charge >= 0.3 is 0 Å². The van der Waals surface area contributed by atoms with Crippen molar-refractivity contribution in [1.82, 2.24) is 19.6 Å². The molecule has 0 radical (unpaired) electrons. The zero-order valence-electron chi connectivity index (χ0n) is 15.1. The van der Waals surface area contributed by atoms with E-state index in [2.05, 4.69) is 28.9 Å². The predicted molar refractivity (Wildman–Crippen MR) is 97.4 cm³/mol. The normalized spacial score (nSPS) is 16.2. The van der Waals surface area contributed by atoms with Crippen LogP contribution in [0.2, 0.25) is 0 Å². The van der Waals surface area contributed by atoms with Gasteiger partial charge in [-0.1, -0.05) is 0 Å². The Bertz CT molecular complexity index is 926. The lowest BCUT2D eigenvalue weighted by molar-refractivity contribution is -0.900. The van der Waals surface area contributed by atoms with Gasteiger partial charge in [-0.3, -0.25) is 0 Å². The van der Waals surface area contributed by atoms with Crippen molar-refractivity contribution < 1.29 is 10.0 Å². The minimum atomic E-state index is 0.253. The lowest BCUT2D eigenvalue weighted by Gasteiger charge is -2.33. The first-order chi connectivity index (χ1) is 12.1. The molecule has 25 heavy (non-hydrogen) atoms. The lowest BCUT2D eigenvalue weighted by atomic mass is 10.2.